The van der Waals surface area contributed by atoms with Crippen molar-refractivity contribution in [3.8, 4) is 0 Å². The van der Waals surface area contributed by atoms with Crippen LogP contribution in [0.2, 0.25) is 0 Å². The summed E-state index contributed by atoms with van der Waals surface area (Å²) in [7, 11) is -5.17. The Hall–Kier alpha value is 0.349. The van der Waals surface area contributed by atoms with Crippen molar-refractivity contribution >= 4 is 10.4 Å². The summed E-state index contributed by atoms with van der Waals surface area (Å²) >= 11 is 0. The molecule has 2 radical (unpaired) electrons. The largest absolute Gasteiger partial charge is 2.00 e. The molecule has 44 valence electrons. The van der Waals surface area contributed by atoms with E-state index in [1.54, 1.807) is 0 Å². The zero-order valence-corrected chi connectivity index (χ0v) is 4.72. The molecule has 0 aliphatic heterocycles. The smallest absolute Gasteiger partial charge is 0.759 e. The molecule has 0 aromatic rings. The van der Waals surface area contributed by atoms with E-state index < -0.39 is 10.4 Å². The Balaban J connectivity index is -0.0000000800. The van der Waals surface area contributed by atoms with Crippen molar-refractivity contribution in [2.45, 2.75) is 0 Å². The predicted molar refractivity (Wildman–Crippen MR) is 11.2 cm³/mol. The van der Waals surface area contributed by atoms with Gasteiger partial charge in [0, 0.05) is 15.9 Å². The van der Waals surface area contributed by atoms with Gasteiger partial charge in [-0.25, -0.2) is 0 Å². The Morgan fingerprint density at radius 3 is 1.14 bits per heavy atom. The maximum atomic E-state index is 8.52. The van der Waals surface area contributed by atoms with Crippen molar-refractivity contribution in [2.75, 3.05) is 0 Å². The molecule has 0 fully saturated rings. The average molecular weight is 168 g/mol. The van der Waals surface area contributed by atoms with E-state index in [9.17, 15) is 0 Å². The fraction of sp³-hybridized carbons (Fsp3) is 0. The van der Waals surface area contributed by atoms with Crippen molar-refractivity contribution in [1.29, 1.82) is 0 Å². The van der Waals surface area contributed by atoms with Crippen LogP contribution in [0.1, 0.15) is 0 Å². The summed E-state index contributed by atoms with van der Waals surface area (Å²) in [5, 5.41) is 0. The molecule has 0 heterocycles. The van der Waals surface area contributed by atoms with Crippen molar-refractivity contribution in [1.82, 2.24) is 0 Å². The summed E-state index contributed by atoms with van der Waals surface area (Å²) in [5.41, 5.74) is 0. The van der Waals surface area contributed by atoms with Crippen LogP contribution in [0, 0.1) is 0 Å². The molecule has 0 saturated heterocycles. The summed E-state index contributed by atoms with van der Waals surface area (Å²) in [5.74, 6) is 0. The molecule has 0 amide bonds. The molecular weight excluding hydrogens is 168 g/mol. The van der Waals surface area contributed by atoms with E-state index in [-0.39, 0.29) is 22.5 Å². The van der Waals surface area contributed by atoms with Gasteiger partial charge in [0.1, 0.15) is 0 Å². The minimum Gasteiger partial charge on any atom is -0.759 e. The van der Waals surface area contributed by atoms with Crippen LogP contribution < -0.4 is 0 Å². The summed E-state index contributed by atoms with van der Waals surface area (Å²) in [6, 6.07) is 0. The Morgan fingerprint density at radius 1 is 1.14 bits per heavy atom. The molecule has 0 N–H and O–H groups in total. The fourth-order valence-electron chi connectivity index (χ4n) is 0. The van der Waals surface area contributed by atoms with Crippen LogP contribution in [-0.2, 0) is 32.9 Å². The Morgan fingerprint density at radius 2 is 1.14 bits per heavy atom. The maximum Gasteiger partial charge on any atom is 2.00 e. The van der Waals surface area contributed by atoms with Gasteiger partial charge >= 0.3 is 17.1 Å². The van der Waals surface area contributed by atoms with Crippen LogP contribution in [0.4, 0.5) is 0 Å². The van der Waals surface area contributed by atoms with Gasteiger partial charge in [0.15, 0.2) is 0 Å². The predicted octanol–water partition coefficient (Wildman–Crippen LogP) is -1.46. The first-order valence-electron chi connectivity index (χ1n) is 0.667. The molecule has 7 heteroatoms. The zero-order valence-electron chi connectivity index (χ0n) is 2.80. The van der Waals surface area contributed by atoms with E-state index in [2.05, 4.69) is 0 Å². The minimum atomic E-state index is -5.17. The van der Waals surface area contributed by atoms with E-state index in [0.717, 1.165) is 0 Å². The Labute approximate surface area is 51.1 Å². The average Bonchev–Trinajstić information content (AvgIpc) is 0.722. The van der Waals surface area contributed by atoms with E-state index >= 15 is 0 Å². The second-order valence-corrected chi connectivity index (χ2v) is 1.22. The molecule has 0 saturated carbocycles. The van der Waals surface area contributed by atoms with Crippen LogP contribution in [-0.4, -0.2) is 17.5 Å². The van der Waals surface area contributed by atoms with Crippen LogP contribution in [0.5, 0.6) is 0 Å². The van der Waals surface area contributed by atoms with Crippen LogP contribution >= 0.6 is 0 Å². The first kappa shape index (κ1) is 15.7. The van der Waals surface area contributed by atoms with Gasteiger partial charge in [0.2, 0.25) is 0 Å². The fourth-order valence-corrected chi connectivity index (χ4v) is 0. The first-order valence-corrected chi connectivity index (χ1v) is 2.00. The van der Waals surface area contributed by atoms with Gasteiger partial charge in [-0.3, -0.25) is 8.42 Å². The first-order chi connectivity index (χ1) is 2.00. The van der Waals surface area contributed by atoms with E-state index in [0.29, 0.717) is 0 Å². The molecule has 0 rings (SSSR count). The molecule has 0 aliphatic carbocycles. The molecule has 5 nitrogen and oxygen atoms in total. The number of rotatable bonds is 0. The topological polar surface area (TPSA) is 109 Å². The van der Waals surface area contributed by atoms with Gasteiger partial charge in [0.05, 0.1) is 0 Å². The standard InChI is InChI=1S/Fe.H2O4S.O/c;1-5(2,3)4;/h;(H2,1,2,3,4);/q+2;;/p-2. The quantitative estimate of drug-likeness (QED) is 0.250. The van der Waals surface area contributed by atoms with Gasteiger partial charge in [-0.1, -0.05) is 0 Å². The third-order valence-electron chi connectivity index (χ3n) is 0. The molecule has 0 aromatic carbocycles. The maximum absolute atomic E-state index is 8.52. The second-order valence-electron chi connectivity index (χ2n) is 0.408. The van der Waals surface area contributed by atoms with Gasteiger partial charge in [0.25, 0.3) is 0 Å². The summed E-state index contributed by atoms with van der Waals surface area (Å²) in [6.07, 6.45) is 0. The molecule has 0 spiro atoms. The molecule has 0 bridgehead atoms. The van der Waals surface area contributed by atoms with Crippen molar-refractivity contribution in [3.63, 3.8) is 0 Å². The summed E-state index contributed by atoms with van der Waals surface area (Å²) in [6.45, 7) is 0. The molecule has 0 aromatic heterocycles. The molecule has 0 unspecified atom stereocenters. The monoisotopic (exact) mass is 168 g/mol. The normalized spacial score (nSPS) is 8.29. The minimum absolute atomic E-state index is 0. The van der Waals surface area contributed by atoms with E-state index in [4.69, 9.17) is 17.5 Å². The number of hydrogen-bond donors (Lipinski definition) is 0. The number of hydrogen-bond acceptors (Lipinski definition) is 4. The Bertz CT molecular complexity index is 91.2. The van der Waals surface area contributed by atoms with Gasteiger partial charge < -0.3 is 9.11 Å². The molecular formula is FeO5S. The SMILES string of the molecule is O=S(=O)([O-])[O-].[Fe+2].[O]. The van der Waals surface area contributed by atoms with Gasteiger partial charge in [-0.05, 0) is 0 Å². The van der Waals surface area contributed by atoms with Gasteiger partial charge in [-0.2, -0.15) is 0 Å². The van der Waals surface area contributed by atoms with E-state index in [1.165, 1.54) is 0 Å². The second kappa shape index (κ2) is 4.51. The van der Waals surface area contributed by atoms with Crippen molar-refractivity contribution < 1.29 is 40.1 Å². The van der Waals surface area contributed by atoms with Crippen molar-refractivity contribution in [2.24, 2.45) is 0 Å². The summed E-state index contributed by atoms with van der Waals surface area (Å²) < 4.78 is 34.1. The molecule has 0 atom stereocenters. The van der Waals surface area contributed by atoms with Crippen molar-refractivity contribution in [3.05, 3.63) is 0 Å². The third-order valence-corrected chi connectivity index (χ3v) is 0. The Kier molecular flexibility index (Phi) is 10.1. The third kappa shape index (κ3) is 983. The van der Waals surface area contributed by atoms with Gasteiger partial charge in [-0.15, -0.1) is 0 Å². The van der Waals surface area contributed by atoms with Crippen LogP contribution in [0.25, 0.3) is 0 Å². The summed E-state index contributed by atoms with van der Waals surface area (Å²) in [4.78, 5) is 0. The van der Waals surface area contributed by atoms with Crippen LogP contribution in [0.15, 0.2) is 0 Å². The van der Waals surface area contributed by atoms with E-state index in [1.807, 2.05) is 0 Å². The van der Waals surface area contributed by atoms with Crippen LogP contribution in [0.3, 0.4) is 0 Å². The zero-order chi connectivity index (χ0) is 4.50. The molecule has 0 aliphatic rings. The molecule has 7 heavy (non-hydrogen) atoms.